The van der Waals surface area contributed by atoms with Crippen molar-refractivity contribution in [1.29, 1.82) is 0 Å². The molecule has 0 aliphatic carbocycles. The molecule has 2 saturated heterocycles. The molecule has 0 spiro atoms. The average molecular weight is 410 g/mol. The fourth-order valence-electron chi connectivity index (χ4n) is 4.32. The standard InChI is InChI=1S/C24H31N3O3/c28-24(27-13-3-4-21(27)8-7-20-9-11-25-12-10-20)22-5-1-2-6-23(22)30-19-16-26-14-17-29-18-15-26/h1-2,5-6,9-12,21H,3-4,7-8,13-19H2/t21-/m1/s1. The van der Waals surface area contributed by atoms with Gasteiger partial charge in [0.1, 0.15) is 12.4 Å². The molecule has 0 saturated carbocycles. The number of pyridine rings is 1. The summed E-state index contributed by atoms with van der Waals surface area (Å²) in [6, 6.07) is 12.1. The maximum atomic E-state index is 13.4. The minimum Gasteiger partial charge on any atom is -0.491 e. The highest BCUT2D eigenvalue weighted by Gasteiger charge is 2.30. The molecule has 6 heteroatoms. The Morgan fingerprint density at radius 1 is 1.10 bits per heavy atom. The van der Waals surface area contributed by atoms with Crippen LogP contribution in [-0.2, 0) is 11.2 Å². The number of rotatable bonds is 8. The summed E-state index contributed by atoms with van der Waals surface area (Å²) in [6.45, 7) is 5.70. The lowest BCUT2D eigenvalue weighted by atomic mass is 10.0. The molecule has 160 valence electrons. The molecule has 6 nitrogen and oxygen atoms in total. The zero-order chi connectivity index (χ0) is 20.6. The van der Waals surface area contributed by atoms with Crippen LogP contribution in [0.2, 0.25) is 0 Å². The van der Waals surface area contributed by atoms with Crippen LogP contribution >= 0.6 is 0 Å². The number of carbonyl (C=O) groups is 1. The Labute approximate surface area is 178 Å². The molecular formula is C24H31N3O3. The Hall–Kier alpha value is -2.44. The van der Waals surface area contributed by atoms with Crippen LogP contribution in [-0.4, -0.2) is 72.7 Å². The number of hydrogen-bond acceptors (Lipinski definition) is 5. The van der Waals surface area contributed by atoms with E-state index in [9.17, 15) is 4.79 Å². The molecule has 3 heterocycles. The number of hydrogen-bond donors (Lipinski definition) is 0. The molecule has 1 aromatic carbocycles. The largest absolute Gasteiger partial charge is 0.491 e. The molecule has 0 radical (unpaired) electrons. The van der Waals surface area contributed by atoms with Gasteiger partial charge in [0.25, 0.3) is 5.91 Å². The van der Waals surface area contributed by atoms with Crippen LogP contribution in [0.1, 0.15) is 35.2 Å². The van der Waals surface area contributed by atoms with Crippen LogP contribution < -0.4 is 4.74 Å². The van der Waals surface area contributed by atoms with E-state index in [-0.39, 0.29) is 11.9 Å². The molecule has 4 rings (SSSR count). The van der Waals surface area contributed by atoms with Gasteiger partial charge in [-0.3, -0.25) is 14.7 Å². The Morgan fingerprint density at radius 3 is 2.73 bits per heavy atom. The number of carbonyl (C=O) groups excluding carboxylic acids is 1. The van der Waals surface area contributed by atoms with Gasteiger partial charge in [0, 0.05) is 44.6 Å². The highest BCUT2D eigenvalue weighted by Crippen LogP contribution is 2.27. The van der Waals surface area contributed by atoms with Gasteiger partial charge in [-0.05, 0) is 55.5 Å². The Kier molecular flexibility index (Phi) is 7.32. The van der Waals surface area contributed by atoms with Gasteiger partial charge in [0.05, 0.1) is 18.8 Å². The molecule has 1 aromatic heterocycles. The second kappa shape index (κ2) is 10.5. The summed E-state index contributed by atoms with van der Waals surface area (Å²) in [4.78, 5) is 21.8. The average Bonchev–Trinajstić information content (AvgIpc) is 3.28. The van der Waals surface area contributed by atoms with E-state index >= 15 is 0 Å². The van der Waals surface area contributed by atoms with Crippen molar-refractivity contribution in [3.8, 4) is 5.75 Å². The first-order chi connectivity index (χ1) is 14.8. The molecule has 0 bridgehead atoms. The van der Waals surface area contributed by atoms with E-state index in [0.717, 1.165) is 65.1 Å². The van der Waals surface area contributed by atoms with Gasteiger partial charge >= 0.3 is 0 Å². The molecule has 0 N–H and O–H groups in total. The first-order valence-corrected chi connectivity index (χ1v) is 11.0. The van der Waals surface area contributed by atoms with E-state index in [1.54, 1.807) is 0 Å². The SMILES string of the molecule is O=C(c1ccccc1OCCN1CCOCC1)N1CCC[C@@H]1CCc1ccncc1. The first kappa shape index (κ1) is 20.8. The van der Waals surface area contributed by atoms with Gasteiger partial charge in [0.15, 0.2) is 0 Å². The normalized spacial score (nSPS) is 19.7. The van der Waals surface area contributed by atoms with Crippen molar-refractivity contribution in [1.82, 2.24) is 14.8 Å². The van der Waals surface area contributed by atoms with Crippen molar-refractivity contribution < 1.29 is 14.3 Å². The van der Waals surface area contributed by atoms with Crippen LogP contribution in [0.4, 0.5) is 0 Å². The van der Waals surface area contributed by atoms with Gasteiger partial charge in [0.2, 0.25) is 0 Å². The summed E-state index contributed by atoms with van der Waals surface area (Å²) >= 11 is 0. The van der Waals surface area contributed by atoms with Gasteiger partial charge in [-0.25, -0.2) is 0 Å². The Bertz CT molecular complexity index is 808. The molecule has 2 aromatic rings. The fourth-order valence-corrected chi connectivity index (χ4v) is 4.32. The number of aromatic nitrogens is 1. The molecule has 0 unspecified atom stereocenters. The zero-order valence-electron chi connectivity index (χ0n) is 17.5. The molecule has 30 heavy (non-hydrogen) atoms. The molecule has 2 fully saturated rings. The van der Waals surface area contributed by atoms with Gasteiger partial charge in [-0.15, -0.1) is 0 Å². The number of likely N-dealkylation sites (tertiary alicyclic amines) is 1. The number of ether oxygens (including phenoxy) is 2. The van der Waals surface area contributed by atoms with Crippen LogP contribution in [0.15, 0.2) is 48.8 Å². The predicted molar refractivity (Wildman–Crippen MR) is 116 cm³/mol. The zero-order valence-corrected chi connectivity index (χ0v) is 17.5. The maximum absolute atomic E-state index is 13.4. The Morgan fingerprint density at radius 2 is 1.90 bits per heavy atom. The number of para-hydroxylation sites is 1. The van der Waals surface area contributed by atoms with E-state index < -0.39 is 0 Å². The topological polar surface area (TPSA) is 54.9 Å². The number of benzene rings is 1. The smallest absolute Gasteiger partial charge is 0.257 e. The van der Waals surface area contributed by atoms with Crippen molar-refractivity contribution >= 4 is 5.91 Å². The van der Waals surface area contributed by atoms with Crippen molar-refractivity contribution in [3.05, 3.63) is 59.9 Å². The van der Waals surface area contributed by atoms with Crippen LogP contribution in [0, 0.1) is 0 Å². The number of amides is 1. The monoisotopic (exact) mass is 409 g/mol. The fraction of sp³-hybridized carbons (Fsp3) is 0.500. The lowest BCUT2D eigenvalue weighted by Gasteiger charge is -2.27. The lowest BCUT2D eigenvalue weighted by Crippen LogP contribution is -2.39. The predicted octanol–water partition coefficient (Wildman–Crippen LogP) is 3.03. The summed E-state index contributed by atoms with van der Waals surface area (Å²) in [7, 11) is 0. The minimum atomic E-state index is 0.0919. The number of morpholine rings is 1. The van der Waals surface area contributed by atoms with E-state index in [2.05, 4.69) is 22.0 Å². The maximum Gasteiger partial charge on any atom is 0.257 e. The van der Waals surface area contributed by atoms with Crippen LogP contribution in [0.25, 0.3) is 0 Å². The third kappa shape index (κ3) is 5.37. The van der Waals surface area contributed by atoms with Crippen molar-refractivity contribution in [3.63, 3.8) is 0 Å². The number of aryl methyl sites for hydroxylation is 1. The quantitative estimate of drug-likeness (QED) is 0.671. The highest BCUT2D eigenvalue weighted by atomic mass is 16.5. The summed E-state index contributed by atoms with van der Waals surface area (Å²) in [6.07, 6.45) is 7.74. The van der Waals surface area contributed by atoms with Crippen molar-refractivity contribution in [2.45, 2.75) is 31.7 Å². The summed E-state index contributed by atoms with van der Waals surface area (Å²) in [5.74, 6) is 0.782. The molecule has 1 atom stereocenters. The van der Waals surface area contributed by atoms with Crippen molar-refractivity contribution in [2.24, 2.45) is 0 Å². The third-order valence-corrected chi connectivity index (χ3v) is 6.04. The minimum absolute atomic E-state index is 0.0919. The van der Waals surface area contributed by atoms with E-state index in [1.165, 1.54) is 5.56 Å². The highest BCUT2D eigenvalue weighted by molar-refractivity contribution is 5.97. The molecule has 1 amide bonds. The van der Waals surface area contributed by atoms with E-state index in [0.29, 0.717) is 17.9 Å². The second-order valence-electron chi connectivity index (χ2n) is 7.99. The third-order valence-electron chi connectivity index (χ3n) is 6.04. The van der Waals surface area contributed by atoms with Gasteiger partial charge < -0.3 is 14.4 Å². The second-order valence-corrected chi connectivity index (χ2v) is 7.99. The first-order valence-electron chi connectivity index (χ1n) is 11.0. The van der Waals surface area contributed by atoms with Gasteiger partial charge in [-0.2, -0.15) is 0 Å². The van der Waals surface area contributed by atoms with Crippen LogP contribution in [0.5, 0.6) is 5.75 Å². The van der Waals surface area contributed by atoms with E-state index in [1.807, 2.05) is 41.6 Å². The lowest BCUT2D eigenvalue weighted by molar-refractivity contribution is 0.0321. The Balaban J connectivity index is 1.35. The molecule has 2 aliphatic heterocycles. The van der Waals surface area contributed by atoms with Gasteiger partial charge in [-0.1, -0.05) is 12.1 Å². The summed E-state index contributed by atoms with van der Waals surface area (Å²) in [5, 5.41) is 0. The van der Waals surface area contributed by atoms with Crippen LogP contribution in [0.3, 0.4) is 0 Å². The number of nitrogens with zero attached hydrogens (tertiary/aromatic N) is 3. The summed E-state index contributed by atoms with van der Waals surface area (Å²) in [5.41, 5.74) is 1.95. The van der Waals surface area contributed by atoms with Crippen molar-refractivity contribution in [2.75, 3.05) is 46.0 Å². The molecular weight excluding hydrogens is 378 g/mol. The van der Waals surface area contributed by atoms with E-state index in [4.69, 9.17) is 9.47 Å². The summed E-state index contributed by atoms with van der Waals surface area (Å²) < 4.78 is 11.4. The molecule has 2 aliphatic rings.